The van der Waals surface area contributed by atoms with Crippen LogP contribution in [0.4, 0.5) is 0 Å². The molecule has 0 saturated carbocycles. The maximum absolute atomic E-state index is 12.5. The molecule has 1 amide bonds. The summed E-state index contributed by atoms with van der Waals surface area (Å²) in [6, 6.07) is 1.58. The first-order chi connectivity index (χ1) is 9.66. The Kier molecular flexibility index (Phi) is 2.27. The molecule has 2 aromatic heterocycles. The van der Waals surface area contributed by atoms with E-state index in [1.54, 1.807) is 0 Å². The third-order valence-electron chi connectivity index (χ3n) is 4.15. The number of hydrogen-bond acceptors (Lipinski definition) is 5. The molecule has 7 nitrogen and oxygen atoms in total. The topological polar surface area (TPSA) is 77.0 Å². The van der Waals surface area contributed by atoms with Crippen LogP contribution in [-0.4, -0.2) is 37.3 Å². The minimum Gasteiger partial charge on any atom is -0.353 e. The summed E-state index contributed by atoms with van der Waals surface area (Å²) in [6.45, 7) is 4.56. The number of rotatable bonds is 1. The van der Waals surface area contributed by atoms with Gasteiger partial charge in [-0.25, -0.2) is 0 Å². The van der Waals surface area contributed by atoms with Crippen molar-refractivity contribution in [3.8, 4) is 11.6 Å². The zero-order valence-corrected chi connectivity index (χ0v) is 11.4. The van der Waals surface area contributed by atoms with Crippen LogP contribution in [0.3, 0.4) is 0 Å². The van der Waals surface area contributed by atoms with Gasteiger partial charge in [0.25, 0.3) is 0 Å². The molecule has 104 valence electrons. The number of hydrogen-bond donors (Lipinski definition) is 0. The summed E-state index contributed by atoms with van der Waals surface area (Å²) in [5.41, 5.74) is 0.787. The minimum atomic E-state index is -0.297. The number of amides is 1. The lowest BCUT2D eigenvalue weighted by molar-refractivity contribution is -0.137. The molecule has 2 aliphatic rings. The van der Waals surface area contributed by atoms with Gasteiger partial charge in [-0.3, -0.25) is 9.36 Å². The molecule has 0 spiro atoms. The van der Waals surface area contributed by atoms with Crippen molar-refractivity contribution in [1.29, 1.82) is 0 Å². The van der Waals surface area contributed by atoms with Crippen LogP contribution in [0.15, 0.2) is 10.6 Å². The third-order valence-corrected chi connectivity index (χ3v) is 4.15. The van der Waals surface area contributed by atoms with Gasteiger partial charge in [-0.05, 0) is 26.7 Å². The average molecular weight is 273 g/mol. The fourth-order valence-corrected chi connectivity index (χ4v) is 3.20. The van der Waals surface area contributed by atoms with Gasteiger partial charge in [0, 0.05) is 12.6 Å². The molecule has 2 aromatic rings. The average Bonchev–Trinajstić information content (AvgIpc) is 3.12. The summed E-state index contributed by atoms with van der Waals surface area (Å²) in [7, 11) is 0. The van der Waals surface area contributed by atoms with E-state index in [2.05, 4.69) is 15.4 Å². The van der Waals surface area contributed by atoms with Crippen LogP contribution in [0, 0.1) is 6.92 Å². The van der Waals surface area contributed by atoms with Crippen molar-refractivity contribution in [2.24, 2.45) is 0 Å². The lowest BCUT2D eigenvalue weighted by atomic mass is 10.1. The molecular formula is C13H15N5O2. The van der Waals surface area contributed by atoms with Crippen molar-refractivity contribution in [2.45, 2.75) is 38.8 Å². The third kappa shape index (κ3) is 1.40. The van der Waals surface area contributed by atoms with E-state index in [0.717, 1.165) is 30.9 Å². The first-order valence-electron chi connectivity index (χ1n) is 6.86. The predicted molar refractivity (Wildman–Crippen MR) is 68.7 cm³/mol. The van der Waals surface area contributed by atoms with Gasteiger partial charge in [-0.1, -0.05) is 5.16 Å². The Balaban J connectivity index is 1.88. The first kappa shape index (κ1) is 11.6. The van der Waals surface area contributed by atoms with Crippen LogP contribution >= 0.6 is 0 Å². The van der Waals surface area contributed by atoms with E-state index in [0.29, 0.717) is 11.6 Å². The van der Waals surface area contributed by atoms with E-state index < -0.39 is 0 Å². The number of fused-ring (bicyclic) bond motifs is 3. The first-order valence-corrected chi connectivity index (χ1v) is 6.86. The lowest BCUT2D eigenvalue weighted by Gasteiger charge is -2.33. The highest BCUT2D eigenvalue weighted by molar-refractivity contribution is 5.82. The standard InChI is InChI=1S/C13H15N5O2/c1-7-6-10(20-16-7)12-15-14-11-9-4-3-5-17(9)13(19)8(2)18(11)12/h6,8-9H,3-5H2,1-2H3/t8-,9-/m0/s1. The van der Waals surface area contributed by atoms with E-state index in [9.17, 15) is 4.79 Å². The van der Waals surface area contributed by atoms with Crippen LogP contribution in [0.1, 0.15) is 43.4 Å². The maximum atomic E-state index is 12.5. The van der Waals surface area contributed by atoms with Crippen LogP contribution in [0.2, 0.25) is 0 Å². The van der Waals surface area contributed by atoms with Gasteiger partial charge in [0.05, 0.1) is 11.7 Å². The van der Waals surface area contributed by atoms with Gasteiger partial charge in [0.1, 0.15) is 6.04 Å². The van der Waals surface area contributed by atoms with Crippen LogP contribution < -0.4 is 0 Å². The molecule has 1 fully saturated rings. The second-order valence-corrected chi connectivity index (χ2v) is 5.45. The molecule has 0 N–H and O–H groups in total. The van der Waals surface area contributed by atoms with E-state index in [4.69, 9.17) is 4.52 Å². The van der Waals surface area contributed by atoms with Gasteiger partial charge < -0.3 is 9.42 Å². The van der Waals surface area contributed by atoms with E-state index in [1.165, 1.54) is 0 Å². The second kappa shape index (κ2) is 3.91. The maximum Gasteiger partial charge on any atom is 0.246 e. The molecule has 2 atom stereocenters. The molecule has 0 aromatic carbocycles. The van der Waals surface area contributed by atoms with Gasteiger partial charge in [0.2, 0.25) is 17.5 Å². The highest BCUT2D eigenvalue weighted by atomic mass is 16.5. The number of carbonyl (C=O) groups excluding carboxylic acids is 1. The molecular weight excluding hydrogens is 258 g/mol. The quantitative estimate of drug-likeness (QED) is 0.786. The zero-order chi connectivity index (χ0) is 13.9. The fourth-order valence-electron chi connectivity index (χ4n) is 3.20. The van der Waals surface area contributed by atoms with Crippen molar-refractivity contribution in [3.63, 3.8) is 0 Å². The molecule has 4 rings (SSSR count). The normalized spacial score (nSPS) is 24.9. The molecule has 4 heterocycles. The number of aromatic nitrogens is 4. The molecule has 0 aliphatic carbocycles. The Morgan fingerprint density at radius 3 is 3.00 bits per heavy atom. The number of aryl methyl sites for hydroxylation is 1. The van der Waals surface area contributed by atoms with Gasteiger partial charge >= 0.3 is 0 Å². The molecule has 0 radical (unpaired) electrons. The van der Waals surface area contributed by atoms with E-state index in [-0.39, 0.29) is 18.0 Å². The smallest absolute Gasteiger partial charge is 0.246 e. The lowest BCUT2D eigenvalue weighted by Crippen LogP contribution is -2.42. The SMILES string of the molecule is Cc1cc(-c2nnc3n2[C@@H](C)C(=O)N2CCC[C@@H]32)on1. The Hall–Kier alpha value is -2.18. The van der Waals surface area contributed by atoms with Crippen molar-refractivity contribution >= 4 is 5.91 Å². The van der Waals surface area contributed by atoms with E-state index in [1.807, 2.05) is 29.4 Å². The van der Waals surface area contributed by atoms with Crippen LogP contribution in [0.5, 0.6) is 0 Å². The van der Waals surface area contributed by atoms with Crippen molar-refractivity contribution in [1.82, 2.24) is 24.8 Å². The minimum absolute atomic E-state index is 0.0592. The summed E-state index contributed by atoms with van der Waals surface area (Å²) in [5.74, 6) is 2.15. The highest BCUT2D eigenvalue weighted by Crippen LogP contribution is 2.40. The molecule has 20 heavy (non-hydrogen) atoms. The Labute approximate surface area is 115 Å². The largest absolute Gasteiger partial charge is 0.353 e. The number of carbonyl (C=O) groups is 1. The van der Waals surface area contributed by atoms with Crippen molar-refractivity contribution in [2.75, 3.05) is 6.54 Å². The Morgan fingerprint density at radius 2 is 2.25 bits per heavy atom. The van der Waals surface area contributed by atoms with Gasteiger partial charge in [0.15, 0.2) is 5.82 Å². The highest BCUT2D eigenvalue weighted by Gasteiger charge is 2.43. The molecule has 0 bridgehead atoms. The van der Waals surface area contributed by atoms with Crippen molar-refractivity contribution < 1.29 is 9.32 Å². The molecule has 2 aliphatic heterocycles. The molecule has 0 unspecified atom stereocenters. The molecule has 1 saturated heterocycles. The molecule has 7 heteroatoms. The van der Waals surface area contributed by atoms with Crippen LogP contribution in [0.25, 0.3) is 11.6 Å². The van der Waals surface area contributed by atoms with Gasteiger partial charge in [-0.15, -0.1) is 10.2 Å². The summed E-state index contributed by atoms with van der Waals surface area (Å²) in [6.07, 6.45) is 1.97. The van der Waals surface area contributed by atoms with Gasteiger partial charge in [-0.2, -0.15) is 0 Å². The predicted octanol–water partition coefficient (Wildman–Crippen LogP) is 1.48. The second-order valence-electron chi connectivity index (χ2n) is 5.45. The summed E-state index contributed by atoms with van der Waals surface area (Å²) in [5, 5.41) is 12.4. The Morgan fingerprint density at radius 1 is 1.40 bits per heavy atom. The van der Waals surface area contributed by atoms with E-state index >= 15 is 0 Å². The summed E-state index contributed by atoms with van der Waals surface area (Å²) in [4.78, 5) is 14.4. The zero-order valence-electron chi connectivity index (χ0n) is 11.4. The Bertz CT molecular complexity index is 689. The van der Waals surface area contributed by atoms with Crippen LogP contribution in [-0.2, 0) is 4.79 Å². The summed E-state index contributed by atoms with van der Waals surface area (Å²) < 4.78 is 7.17. The number of nitrogens with zero attached hydrogens (tertiary/aromatic N) is 5. The summed E-state index contributed by atoms with van der Waals surface area (Å²) >= 11 is 0. The van der Waals surface area contributed by atoms with Crippen molar-refractivity contribution in [3.05, 3.63) is 17.6 Å². The fraction of sp³-hybridized carbons (Fsp3) is 0.538. The monoisotopic (exact) mass is 273 g/mol.